The highest BCUT2D eigenvalue weighted by Gasteiger charge is 2.33. The molecule has 4 aromatic rings. The van der Waals surface area contributed by atoms with Gasteiger partial charge in [-0.3, -0.25) is 4.79 Å². The molecule has 0 radical (unpaired) electrons. The number of aromatic nitrogens is 4. The molecule has 3 heterocycles. The van der Waals surface area contributed by atoms with Gasteiger partial charge < -0.3 is 5.32 Å². The van der Waals surface area contributed by atoms with Crippen LogP contribution >= 0.6 is 0 Å². The quantitative estimate of drug-likeness (QED) is 0.563. The zero-order valence-electron chi connectivity index (χ0n) is 16.6. The van der Waals surface area contributed by atoms with Crippen LogP contribution in [0.2, 0.25) is 0 Å². The van der Waals surface area contributed by atoms with E-state index in [1.807, 2.05) is 39.0 Å². The van der Waals surface area contributed by atoms with Gasteiger partial charge >= 0.3 is 0 Å². The van der Waals surface area contributed by atoms with Crippen LogP contribution in [0.15, 0.2) is 48.5 Å². The lowest BCUT2D eigenvalue weighted by Crippen LogP contribution is -2.25. The molecule has 0 aliphatic carbocycles. The first-order valence-electron chi connectivity index (χ1n) is 9.71. The van der Waals surface area contributed by atoms with Crippen molar-refractivity contribution < 1.29 is 4.79 Å². The van der Waals surface area contributed by atoms with Gasteiger partial charge in [-0.15, -0.1) is 0 Å². The zero-order chi connectivity index (χ0) is 20.1. The summed E-state index contributed by atoms with van der Waals surface area (Å²) in [5.74, 6) is 1.05. The Kier molecular flexibility index (Phi) is 3.94. The summed E-state index contributed by atoms with van der Waals surface area (Å²) in [6.45, 7) is 5.84. The first kappa shape index (κ1) is 17.6. The van der Waals surface area contributed by atoms with Crippen molar-refractivity contribution in [1.82, 2.24) is 19.7 Å². The molecule has 1 N–H and O–H groups in total. The van der Waals surface area contributed by atoms with Gasteiger partial charge in [0.1, 0.15) is 5.82 Å². The number of anilines is 1. The number of carbonyl (C=O) groups is 1. The van der Waals surface area contributed by atoms with Crippen LogP contribution in [0.5, 0.6) is 0 Å². The van der Waals surface area contributed by atoms with Gasteiger partial charge in [-0.1, -0.05) is 42.5 Å². The van der Waals surface area contributed by atoms with E-state index in [1.54, 1.807) is 4.68 Å². The summed E-state index contributed by atoms with van der Waals surface area (Å²) in [4.78, 5) is 21.8. The lowest BCUT2D eigenvalue weighted by atomic mass is 9.83. The predicted octanol–water partition coefficient (Wildman–Crippen LogP) is 4.21. The summed E-state index contributed by atoms with van der Waals surface area (Å²) in [6, 6.07) is 16.5. The fourth-order valence-corrected chi connectivity index (χ4v) is 4.31. The van der Waals surface area contributed by atoms with Crippen molar-refractivity contribution >= 4 is 22.5 Å². The Morgan fingerprint density at radius 2 is 1.72 bits per heavy atom. The first-order valence-corrected chi connectivity index (χ1v) is 9.71. The fraction of sp³-hybridized carbons (Fsp3) is 0.217. The third kappa shape index (κ3) is 2.88. The summed E-state index contributed by atoms with van der Waals surface area (Å²) in [7, 11) is 0. The number of hydrogen-bond acceptors (Lipinski definition) is 4. The molecule has 29 heavy (non-hydrogen) atoms. The van der Waals surface area contributed by atoms with Crippen LogP contribution in [-0.2, 0) is 4.79 Å². The van der Waals surface area contributed by atoms with E-state index < -0.39 is 0 Å². The Morgan fingerprint density at radius 1 is 1.00 bits per heavy atom. The summed E-state index contributed by atoms with van der Waals surface area (Å²) in [6.07, 6.45) is 0.390. The highest BCUT2D eigenvalue weighted by molar-refractivity contribution is 5.96. The second-order valence-electron chi connectivity index (χ2n) is 7.58. The van der Waals surface area contributed by atoms with Crippen molar-refractivity contribution in [2.45, 2.75) is 33.1 Å². The minimum Gasteiger partial charge on any atom is -0.310 e. The van der Waals surface area contributed by atoms with E-state index in [0.29, 0.717) is 18.2 Å². The third-order valence-corrected chi connectivity index (χ3v) is 5.46. The molecule has 1 aliphatic heterocycles. The zero-order valence-corrected chi connectivity index (χ0v) is 16.6. The van der Waals surface area contributed by atoms with E-state index >= 15 is 0 Å². The molecule has 2 aromatic heterocycles. The molecular formula is C23H21N5O. The van der Waals surface area contributed by atoms with Crippen LogP contribution in [-0.4, -0.2) is 25.7 Å². The molecule has 1 atom stereocenters. The minimum absolute atomic E-state index is 0.0269. The minimum atomic E-state index is -0.0653. The molecule has 0 saturated heterocycles. The second-order valence-corrected chi connectivity index (χ2v) is 7.58. The average molecular weight is 383 g/mol. The second kappa shape index (κ2) is 6.51. The van der Waals surface area contributed by atoms with Gasteiger partial charge in [-0.05, 0) is 43.2 Å². The van der Waals surface area contributed by atoms with Gasteiger partial charge in [-0.2, -0.15) is 9.78 Å². The average Bonchev–Trinajstić information content (AvgIpc) is 3.02. The number of carbonyl (C=O) groups excluding carboxylic acids is 1. The summed E-state index contributed by atoms with van der Waals surface area (Å²) in [5, 5.41) is 10.1. The molecule has 0 bridgehead atoms. The molecule has 0 fully saturated rings. The van der Waals surface area contributed by atoms with Gasteiger partial charge in [0.25, 0.3) is 5.95 Å². The highest BCUT2D eigenvalue weighted by Crippen LogP contribution is 2.42. The molecule has 5 rings (SSSR count). The number of nitrogens with zero attached hydrogens (tertiary/aromatic N) is 4. The first-order chi connectivity index (χ1) is 14.0. The maximum Gasteiger partial charge on any atom is 0.252 e. The molecule has 0 spiro atoms. The van der Waals surface area contributed by atoms with Gasteiger partial charge in [0.15, 0.2) is 0 Å². The number of hydrogen-bond donors (Lipinski definition) is 1. The van der Waals surface area contributed by atoms with Crippen molar-refractivity contribution in [2.75, 3.05) is 5.32 Å². The van der Waals surface area contributed by atoms with E-state index in [1.165, 1.54) is 5.39 Å². The third-order valence-electron chi connectivity index (χ3n) is 5.46. The molecule has 1 amide bonds. The van der Waals surface area contributed by atoms with Crippen LogP contribution in [0.1, 0.15) is 40.5 Å². The monoisotopic (exact) mass is 383 g/mol. The van der Waals surface area contributed by atoms with E-state index in [-0.39, 0.29) is 11.8 Å². The Bertz CT molecular complexity index is 1250. The normalized spacial score (nSPS) is 16.0. The summed E-state index contributed by atoms with van der Waals surface area (Å²) in [5.41, 5.74) is 4.77. The molecule has 6 nitrogen and oxygen atoms in total. The number of nitrogens with one attached hydrogen (secondary N) is 1. The Hall–Kier alpha value is -3.54. The summed E-state index contributed by atoms with van der Waals surface area (Å²) >= 11 is 0. The molecule has 144 valence electrons. The molecule has 1 aliphatic rings. The van der Waals surface area contributed by atoms with Crippen molar-refractivity contribution in [3.63, 3.8) is 0 Å². The smallest absolute Gasteiger partial charge is 0.252 e. The van der Waals surface area contributed by atoms with Gasteiger partial charge in [0.2, 0.25) is 5.91 Å². The molecular weight excluding hydrogens is 362 g/mol. The van der Waals surface area contributed by atoms with Gasteiger partial charge in [-0.25, -0.2) is 9.97 Å². The number of amides is 1. The van der Waals surface area contributed by atoms with Crippen LogP contribution in [0.3, 0.4) is 0 Å². The largest absolute Gasteiger partial charge is 0.310 e. The van der Waals surface area contributed by atoms with Crippen molar-refractivity contribution in [2.24, 2.45) is 0 Å². The lowest BCUT2D eigenvalue weighted by Gasteiger charge is -2.25. The van der Waals surface area contributed by atoms with Gasteiger partial charge in [0, 0.05) is 29.3 Å². The maximum absolute atomic E-state index is 12.7. The fourth-order valence-electron chi connectivity index (χ4n) is 4.31. The standard InChI is InChI=1S/C23H21N5O/c1-13-11-14(2)25-23(24-13)28-22-21(15(3)27-28)19(12-20(29)26-22)18-10-6-8-16-7-4-5-9-17(16)18/h4-11,19H,12H2,1-3H3,(H,26,29). The van der Waals surface area contributed by atoms with E-state index in [2.05, 4.69) is 45.6 Å². The van der Waals surface area contributed by atoms with Gasteiger partial charge in [0.05, 0.1) is 5.69 Å². The predicted molar refractivity (Wildman–Crippen MR) is 112 cm³/mol. The topological polar surface area (TPSA) is 72.7 Å². The van der Waals surface area contributed by atoms with E-state index in [4.69, 9.17) is 5.10 Å². The van der Waals surface area contributed by atoms with E-state index in [9.17, 15) is 4.79 Å². The SMILES string of the molecule is Cc1cc(C)nc(-n2nc(C)c3c2NC(=O)CC3c2cccc3ccccc23)n1. The molecule has 2 aromatic carbocycles. The number of benzene rings is 2. The van der Waals surface area contributed by atoms with Crippen LogP contribution in [0.25, 0.3) is 16.7 Å². The van der Waals surface area contributed by atoms with Crippen LogP contribution in [0.4, 0.5) is 5.82 Å². The van der Waals surface area contributed by atoms with E-state index in [0.717, 1.165) is 33.6 Å². The van der Waals surface area contributed by atoms with Crippen LogP contribution in [0, 0.1) is 20.8 Å². The Morgan fingerprint density at radius 3 is 2.52 bits per heavy atom. The summed E-state index contributed by atoms with van der Waals surface area (Å²) < 4.78 is 1.67. The Labute approximate surface area is 168 Å². The molecule has 6 heteroatoms. The highest BCUT2D eigenvalue weighted by atomic mass is 16.1. The molecule has 1 unspecified atom stereocenters. The Balaban J connectivity index is 1.73. The van der Waals surface area contributed by atoms with Crippen molar-refractivity contribution in [3.8, 4) is 5.95 Å². The number of fused-ring (bicyclic) bond motifs is 2. The van der Waals surface area contributed by atoms with Crippen molar-refractivity contribution in [1.29, 1.82) is 0 Å². The van der Waals surface area contributed by atoms with Crippen LogP contribution < -0.4 is 5.32 Å². The van der Waals surface area contributed by atoms with Crippen molar-refractivity contribution in [3.05, 3.63) is 76.7 Å². The number of aryl methyl sites for hydroxylation is 3. The molecule has 0 saturated carbocycles. The lowest BCUT2D eigenvalue weighted by molar-refractivity contribution is -0.116. The number of rotatable bonds is 2. The maximum atomic E-state index is 12.7.